The Labute approximate surface area is 107 Å². The van der Waals surface area contributed by atoms with E-state index in [1.54, 1.807) is 18.2 Å². The summed E-state index contributed by atoms with van der Waals surface area (Å²) in [7, 11) is 0. The molecule has 96 valence electrons. The van der Waals surface area contributed by atoms with Gasteiger partial charge in [0.25, 0.3) is 0 Å². The van der Waals surface area contributed by atoms with Crippen molar-refractivity contribution < 1.29 is 9.84 Å². The smallest absolute Gasteiger partial charge is 0.131 e. The molecular weight excluding hydrogens is 228 g/mol. The molecule has 0 amide bonds. The molecule has 2 rings (SSSR count). The van der Waals surface area contributed by atoms with Crippen molar-refractivity contribution in [1.82, 2.24) is 5.32 Å². The average molecular weight is 246 g/mol. The summed E-state index contributed by atoms with van der Waals surface area (Å²) in [6.45, 7) is 6.46. The molecule has 0 fully saturated rings. The fourth-order valence-electron chi connectivity index (χ4n) is 2.31. The largest absolute Gasteiger partial charge is 0.485 e. The van der Waals surface area contributed by atoms with Gasteiger partial charge in [-0.05, 0) is 38.6 Å². The minimum absolute atomic E-state index is 0.206. The number of rotatable bonds is 2. The molecule has 1 aromatic rings. The van der Waals surface area contributed by atoms with Crippen LogP contribution in [0.25, 0.3) is 0 Å². The summed E-state index contributed by atoms with van der Waals surface area (Å²) in [5, 5.41) is 22.6. The van der Waals surface area contributed by atoms with Crippen molar-refractivity contribution in [2.24, 2.45) is 0 Å². The van der Waals surface area contributed by atoms with Crippen molar-refractivity contribution in [3.05, 3.63) is 29.3 Å². The standard InChI is InChI=1S/C14H18N2O2/c1-4-16-12-10-7-9(8-15)5-6-11(10)18-14(2,3)13(12)17/h5-7,12-13,16-17H,4H2,1-3H3/t12-,13+/m0/s1. The van der Waals surface area contributed by atoms with Crippen LogP contribution in [0.3, 0.4) is 0 Å². The van der Waals surface area contributed by atoms with Crippen LogP contribution in [-0.2, 0) is 0 Å². The number of fused-ring (bicyclic) bond motifs is 1. The molecule has 18 heavy (non-hydrogen) atoms. The zero-order valence-corrected chi connectivity index (χ0v) is 10.9. The van der Waals surface area contributed by atoms with Crippen molar-refractivity contribution >= 4 is 0 Å². The summed E-state index contributed by atoms with van der Waals surface area (Å²) in [4.78, 5) is 0. The second-order valence-corrected chi connectivity index (χ2v) is 5.05. The van der Waals surface area contributed by atoms with E-state index < -0.39 is 11.7 Å². The third-order valence-electron chi connectivity index (χ3n) is 3.30. The van der Waals surface area contributed by atoms with E-state index in [1.165, 1.54) is 0 Å². The molecule has 2 N–H and O–H groups in total. The summed E-state index contributed by atoms with van der Waals surface area (Å²) >= 11 is 0. The van der Waals surface area contributed by atoms with Gasteiger partial charge in [-0.2, -0.15) is 5.26 Å². The van der Waals surface area contributed by atoms with Crippen LogP contribution in [0.15, 0.2) is 18.2 Å². The van der Waals surface area contributed by atoms with Crippen molar-refractivity contribution in [2.75, 3.05) is 6.54 Å². The molecule has 1 aliphatic heterocycles. The van der Waals surface area contributed by atoms with Gasteiger partial charge in [-0.3, -0.25) is 0 Å². The maximum atomic E-state index is 10.4. The lowest BCUT2D eigenvalue weighted by atomic mass is 9.86. The van der Waals surface area contributed by atoms with Crippen LogP contribution in [0.1, 0.15) is 37.9 Å². The molecule has 2 atom stereocenters. The maximum Gasteiger partial charge on any atom is 0.131 e. The van der Waals surface area contributed by atoms with E-state index in [4.69, 9.17) is 10.00 Å². The number of benzene rings is 1. The van der Waals surface area contributed by atoms with Crippen molar-refractivity contribution in [1.29, 1.82) is 5.26 Å². The number of nitriles is 1. The van der Waals surface area contributed by atoms with E-state index in [-0.39, 0.29) is 6.04 Å². The molecule has 4 nitrogen and oxygen atoms in total. The number of ether oxygens (including phenoxy) is 1. The molecule has 0 aromatic heterocycles. The first-order valence-electron chi connectivity index (χ1n) is 6.14. The lowest BCUT2D eigenvalue weighted by Gasteiger charge is -2.42. The third-order valence-corrected chi connectivity index (χ3v) is 3.30. The zero-order chi connectivity index (χ0) is 13.3. The number of nitrogens with one attached hydrogen (secondary N) is 1. The Kier molecular flexibility index (Phi) is 3.29. The Bertz CT molecular complexity index is 491. The number of aliphatic hydroxyl groups is 1. The van der Waals surface area contributed by atoms with E-state index in [0.717, 1.165) is 17.9 Å². The number of aliphatic hydroxyl groups excluding tert-OH is 1. The highest BCUT2D eigenvalue weighted by molar-refractivity contribution is 5.46. The molecule has 4 heteroatoms. The van der Waals surface area contributed by atoms with Crippen LogP contribution < -0.4 is 10.1 Å². The van der Waals surface area contributed by atoms with Gasteiger partial charge >= 0.3 is 0 Å². The first kappa shape index (κ1) is 12.9. The Morgan fingerprint density at radius 1 is 1.50 bits per heavy atom. The van der Waals surface area contributed by atoms with E-state index in [2.05, 4.69) is 11.4 Å². The van der Waals surface area contributed by atoms with Gasteiger partial charge in [0.1, 0.15) is 17.5 Å². The molecule has 0 unspecified atom stereocenters. The molecule has 1 heterocycles. The maximum absolute atomic E-state index is 10.4. The molecule has 1 aliphatic rings. The SMILES string of the molecule is CCN[C@H]1c2cc(C#N)ccc2OC(C)(C)[C@@H]1O. The van der Waals surface area contributed by atoms with Crippen molar-refractivity contribution in [3.63, 3.8) is 0 Å². The lowest BCUT2D eigenvalue weighted by molar-refractivity contribution is -0.0642. The molecule has 0 spiro atoms. The monoisotopic (exact) mass is 246 g/mol. The fourth-order valence-corrected chi connectivity index (χ4v) is 2.31. The molecule has 0 radical (unpaired) electrons. The fraction of sp³-hybridized carbons (Fsp3) is 0.500. The second-order valence-electron chi connectivity index (χ2n) is 5.05. The van der Waals surface area contributed by atoms with Crippen LogP contribution in [0.2, 0.25) is 0 Å². The van der Waals surface area contributed by atoms with Gasteiger partial charge in [-0.25, -0.2) is 0 Å². The van der Waals surface area contributed by atoms with E-state index in [0.29, 0.717) is 5.56 Å². The summed E-state index contributed by atoms with van der Waals surface area (Å²) in [5.41, 5.74) is 0.781. The van der Waals surface area contributed by atoms with Gasteiger partial charge < -0.3 is 15.2 Å². The van der Waals surface area contributed by atoms with Gasteiger partial charge in [0.15, 0.2) is 0 Å². The average Bonchev–Trinajstić information content (AvgIpc) is 2.34. The van der Waals surface area contributed by atoms with Gasteiger partial charge in [-0.1, -0.05) is 6.92 Å². The summed E-state index contributed by atoms with van der Waals surface area (Å²) in [6.07, 6.45) is -0.654. The van der Waals surface area contributed by atoms with Gasteiger partial charge in [0.2, 0.25) is 0 Å². The van der Waals surface area contributed by atoms with Crippen LogP contribution >= 0.6 is 0 Å². The molecule has 0 aliphatic carbocycles. The minimum atomic E-state index is -0.654. The predicted molar refractivity (Wildman–Crippen MR) is 68.3 cm³/mol. The van der Waals surface area contributed by atoms with Crippen LogP contribution in [-0.4, -0.2) is 23.4 Å². The molecule has 0 saturated heterocycles. The topological polar surface area (TPSA) is 65.3 Å². The van der Waals surface area contributed by atoms with Gasteiger partial charge in [0.05, 0.1) is 17.7 Å². The first-order chi connectivity index (χ1) is 8.49. The van der Waals surface area contributed by atoms with Crippen molar-refractivity contribution in [3.8, 4) is 11.8 Å². The van der Waals surface area contributed by atoms with Crippen LogP contribution in [0, 0.1) is 11.3 Å². The molecular formula is C14H18N2O2. The van der Waals surface area contributed by atoms with Gasteiger partial charge in [-0.15, -0.1) is 0 Å². The lowest BCUT2D eigenvalue weighted by Crippen LogP contribution is -2.52. The molecule has 0 saturated carbocycles. The number of likely N-dealkylation sites (N-methyl/N-ethyl adjacent to an activating group) is 1. The predicted octanol–water partition coefficient (Wildman–Crippen LogP) is 1.74. The van der Waals surface area contributed by atoms with E-state index in [1.807, 2.05) is 20.8 Å². The Balaban J connectivity index is 2.50. The summed E-state index contributed by atoms with van der Waals surface area (Å²) in [5.74, 6) is 0.732. The Morgan fingerprint density at radius 3 is 2.83 bits per heavy atom. The molecule has 0 bridgehead atoms. The highest BCUT2D eigenvalue weighted by atomic mass is 16.5. The second kappa shape index (κ2) is 4.60. The van der Waals surface area contributed by atoms with Crippen LogP contribution in [0.4, 0.5) is 0 Å². The normalized spacial score (nSPS) is 24.8. The number of nitrogens with zero attached hydrogens (tertiary/aromatic N) is 1. The summed E-state index contributed by atoms with van der Waals surface area (Å²) in [6, 6.07) is 7.21. The van der Waals surface area contributed by atoms with E-state index in [9.17, 15) is 5.11 Å². The van der Waals surface area contributed by atoms with Gasteiger partial charge in [0, 0.05) is 5.56 Å². The van der Waals surface area contributed by atoms with Crippen LogP contribution in [0.5, 0.6) is 5.75 Å². The van der Waals surface area contributed by atoms with Crippen molar-refractivity contribution in [2.45, 2.75) is 38.5 Å². The zero-order valence-electron chi connectivity index (χ0n) is 10.9. The Morgan fingerprint density at radius 2 is 2.22 bits per heavy atom. The number of hydrogen-bond acceptors (Lipinski definition) is 4. The van der Waals surface area contributed by atoms with E-state index >= 15 is 0 Å². The summed E-state index contributed by atoms with van der Waals surface area (Å²) < 4.78 is 5.81. The minimum Gasteiger partial charge on any atom is -0.485 e. The number of hydrogen-bond donors (Lipinski definition) is 2. The highest BCUT2D eigenvalue weighted by Gasteiger charge is 2.42. The Hall–Kier alpha value is -1.57. The third kappa shape index (κ3) is 2.07. The molecule has 1 aromatic carbocycles. The quantitative estimate of drug-likeness (QED) is 0.834. The first-order valence-corrected chi connectivity index (χ1v) is 6.14. The highest BCUT2D eigenvalue weighted by Crippen LogP contribution is 2.40.